The molecule has 1 aliphatic heterocycles. The number of hydrogen-bond donors (Lipinski definition) is 1. The SMILES string of the molecule is CCCCCC(C)(CCC)N1CCN(CCNCC)CC1. The standard InChI is InChI=1S/C18H39N3/c1-5-8-9-11-18(4,10-6-2)21-16-14-20(15-17-21)13-12-19-7-3/h19H,5-17H2,1-4H3. The molecule has 0 saturated carbocycles. The van der Waals surface area contributed by atoms with Gasteiger partial charge < -0.3 is 5.32 Å². The van der Waals surface area contributed by atoms with Crippen molar-refractivity contribution in [1.29, 1.82) is 0 Å². The molecule has 0 bridgehead atoms. The van der Waals surface area contributed by atoms with Crippen molar-refractivity contribution in [3.63, 3.8) is 0 Å². The molecule has 0 spiro atoms. The first kappa shape index (κ1) is 18.9. The topological polar surface area (TPSA) is 18.5 Å². The van der Waals surface area contributed by atoms with Crippen LogP contribution in [0.4, 0.5) is 0 Å². The highest BCUT2D eigenvalue weighted by Crippen LogP contribution is 2.28. The van der Waals surface area contributed by atoms with Crippen LogP contribution in [0.2, 0.25) is 0 Å². The molecule has 0 radical (unpaired) electrons. The van der Waals surface area contributed by atoms with E-state index in [-0.39, 0.29) is 0 Å². The maximum absolute atomic E-state index is 3.44. The summed E-state index contributed by atoms with van der Waals surface area (Å²) in [6.07, 6.45) is 8.17. The molecule has 0 aromatic carbocycles. The van der Waals surface area contributed by atoms with Gasteiger partial charge in [0.1, 0.15) is 0 Å². The third-order valence-corrected chi connectivity index (χ3v) is 5.10. The molecule has 3 heteroatoms. The van der Waals surface area contributed by atoms with Crippen LogP contribution in [0.1, 0.15) is 66.2 Å². The zero-order chi connectivity index (χ0) is 15.6. The van der Waals surface area contributed by atoms with Crippen LogP contribution in [-0.4, -0.2) is 61.2 Å². The number of piperazine rings is 1. The Morgan fingerprint density at radius 3 is 2.19 bits per heavy atom. The summed E-state index contributed by atoms with van der Waals surface area (Å²) in [5, 5.41) is 3.44. The Labute approximate surface area is 133 Å². The molecule has 21 heavy (non-hydrogen) atoms. The van der Waals surface area contributed by atoms with Gasteiger partial charge in [-0.3, -0.25) is 9.80 Å². The minimum absolute atomic E-state index is 0.442. The molecule has 0 amide bonds. The van der Waals surface area contributed by atoms with Gasteiger partial charge in [-0.1, -0.05) is 46.5 Å². The van der Waals surface area contributed by atoms with Gasteiger partial charge in [0, 0.05) is 44.8 Å². The first-order valence-corrected chi connectivity index (χ1v) is 9.34. The van der Waals surface area contributed by atoms with Gasteiger partial charge >= 0.3 is 0 Å². The van der Waals surface area contributed by atoms with Gasteiger partial charge in [-0.25, -0.2) is 0 Å². The van der Waals surface area contributed by atoms with E-state index in [9.17, 15) is 0 Å². The summed E-state index contributed by atoms with van der Waals surface area (Å²) in [6.45, 7) is 17.8. The minimum atomic E-state index is 0.442. The van der Waals surface area contributed by atoms with Crippen LogP contribution in [0.25, 0.3) is 0 Å². The number of nitrogens with zero attached hydrogens (tertiary/aromatic N) is 2. The van der Waals surface area contributed by atoms with E-state index in [1.807, 2.05) is 0 Å². The summed E-state index contributed by atoms with van der Waals surface area (Å²) < 4.78 is 0. The average molecular weight is 298 g/mol. The average Bonchev–Trinajstić information content (AvgIpc) is 2.49. The van der Waals surface area contributed by atoms with Crippen molar-refractivity contribution in [2.75, 3.05) is 45.8 Å². The zero-order valence-corrected chi connectivity index (χ0v) is 15.1. The number of hydrogen-bond acceptors (Lipinski definition) is 3. The summed E-state index contributed by atoms with van der Waals surface area (Å²) in [4.78, 5) is 5.41. The number of rotatable bonds is 11. The Kier molecular flexibility index (Phi) is 9.54. The molecule has 1 heterocycles. The monoisotopic (exact) mass is 297 g/mol. The van der Waals surface area contributed by atoms with Crippen molar-refractivity contribution in [2.45, 2.75) is 71.8 Å². The first-order valence-electron chi connectivity index (χ1n) is 9.34. The molecule has 1 aliphatic rings. The number of nitrogens with one attached hydrogen (secondary N) is 1. The number of likely N-dealkylation sites (N-methyl/N-ethyl adjacent to an activating group) is 1. The summed E-state index contributed by atoms with van der Waals surface area (Å²) in [5.74, 6) is 0. The van der Waals surface area contributed by atoms with E-state index >= 15 is 0 Å². The van der Waals surface area contributed by atoms with E-state index in [1.54, 1.807) is 0 Å². The molecule has 0 aromatic rings. The predicted molar refractivity (Wildman–Crippen MR) is 94.0 cm³/mol. The fraction of sp³-hybridized carbons (Fsp3) is 1.00. The fourth-order valence-electron chi connectivity index (χ4n) is 3.66. The van der Waals surface area contributed by atoms with E-state index in [1.165, 1.54) is 71.2 Å². The van der Waals surface area contributed by atoms with Gasteiger partial charge in [-0.2, -0.15) is 0 Å². The largest absolute Gasteiger partial charge is 0.316 e. The Morgan fingerprint density at radius 2 is 1.62 bits per heavy atom. The maximum Gasteiger partial charge on any atom is 0.0182 e. The van der Waals surface area contributed by atoms with Gasteiger partial charge in [0.05, 0.1) is 0 Å². The molecule has 1 saturated heterocycles. The molecule has 3 nitrogen and oxygen atoms in total. The lowest BCUT2D eigenvalue weighted by atomic mass is 9.87. The quantitative estimate of drug-likeness (QED) is 0.590. The second kappa shape index (κ2) is 10.6. The van der Waals surface area contributed by atoms with Crippen LogP contribution >= 0.6 is 0 Å². The van der Waals surface area contributed by atoms with Crippen LogP contribution in [0.5, 0.6) is 0 Å². The highest BCUT2D eigenvalue weighted by Gasteiger charge is 2.32. The molecule has 1 fully saturated rings. The first-order chi connectivity index (χ1) is 10.2. The van der Waals surface area contributed by atoms with Gasteiger partial charge in [0.25, 0.3) is 0 Å². The van der Waals surface area contributed by atoms with Crippen molar-refractivity contribution in [2.24, 2.45) is 0 Å². The van der Waals surface area contributed by atoms with Crippen molar-refractivity contribution < 1.29 is 0 Å². The smallest absolute Gasteiger partial charge is 0.0182 e. The van der Waals surface area contributed by atoms with Crippen LogP contribution < -0.4 is 5.32 Å². The summed E-state index contributed by atoms with van der Waals surface area (Å²) >= 11 is 0. The van der Waals surface area contributed by atoms with Crippen LogP contribution in [0.15, 0.2) is 0 Å². The van der Waals surface area contributed by atoms with Crippen molar-refractivity contribution >= 4 is 0 Å². The summed E-state index contributed by atoms with van der Waals surface area (Å²) in [5.41, 5.74) is 0.442. The summed E-state index contributed by atoms with van der Waals surface area (Å²) in [7, 11) is 0. The second-order valence-corrected chi connectivity index (χ2v) is 6.89. The highest BCUT2D eigenvalue weighted by molar-refractivity contribution is 4.89. The molecule has 1 rings (SSSR count). The lowest BCUT2D eigenvalue weighted by Gasteiger charge is -2.46. The molecule has 0 aromatic heterocycles. The minimum Gasteiger partial charge on any atom is -0.316 e. The Morgan fingerprint density at radius 1 is 0.905 bits per heavy atom. The van der Waals surface area contributed by atoms with Gasteiger partial charge in [0.2, 0.25) is 0 Å². The van der Waals surface area contributed by atoms with Crippen LogP contribution in [0.3, 0.4) is 0 Å². The molecule has 1 unspecified atom stereocenters. The predicted octanol–water partition coefficient (Wildman–Crippen LogP) is 3.35. The van der Waals surface area contributed by atoms with Crippen molar-refractivity contribution in [1.82, 2.24) is 15.1 Å². The zero-order valence-electron chi connectivity index (χ0n) is 15.1. The van der Waals surface area contributed by atoms with E-state index in [0.29, 0.717) is 5.54 Å². The van der Waals surface area contributed by atoms with Gasteiger partial charge in [-0.15, -0.1) is 0 Å². The fourth-order valence-corrected chi connectivity index (χ4v) is 3.66. The molecule has 1 N–H and O–H groups in total. The Hall–Kier alpha value is -0.120. The molecule has 126 valence electrons. The third-order valence-electron chi connectivity index (χ3n) is 5.10. The van der Waals surface area contributed by atoms with E-state index in [4.69, 9.17) is 0 Å². The second-order valence-electron chi connectivity index (χ2n) is 6.89. The third kappa shape index (κ3) is 6.66. The lowest BCUT2D eigenvalue weighted by Crippen LogP contribution is -2.56. The van der Waals surface area contributed by atoms with E-state index in [0.717, 1.165) is 13.1 Å². The highest BCUT2D eigenvalue weighted by atomic mass is 15.3. The van der Waals surface area contributed by atoms with Crippen LogP contribution in [0, 0.1) is 0 Å². The van der Waals surface area contributed by atoms with E-state index < -0.39 is 0 Å². The van der Waals surface area contributed by atoms with Gasteiger partial charge in [-0.05, 0) is 26.3 Å². The Bertz CT molecular complexity index is 249. The van der Waals surface area contributed by atoms with Gasteiger partial charge in [0.15, 0.2) is 0 Å². The van der Waals surface area contributed by atoms with Crippen LogP contribution in [-0.2, 0) is 0 Å². The van der Waals surface area contributed by atoms with E-state index in [2.05, 4.69) is 42.8 Å². The van der Waals surface area contributed by atoms with Crippen molar-refractivity contribution in [3.8, 4) is 0 Å². The number of unbranched alkanes of at least 4 members (excludes halogenated alkanes) is 2. The molecule has 1 atom stereocenters. The maximum atomic E-state index is 3.44. The molecule has 0 aliphatic carbocycles. The summed E-state index contributed by atoms with van der Waals surface area (Å²) in [6, 6.07) is 0. The lowest BCUT2D eigenvalue weighted by molar-refractivity contribution is 0.0296. The normalized spacial score (nSPS) is 20.6. The molecular weight excluding hydrogens is 258 g/mol. The molecular formula is C18H39N3. The van der Waals surface area contributed by atoms with Crippen molar-refractivity contribution in [3.05, 3.63) is 0 Å². The Balaban J connectivity index is 2.39.